The first kappa shape index (κ1) is 13.3. The van der Waals surface area contributed by atoms with E-state index in [2.05, 4.69) is 24.1 Å². The molecular weight excluding hydrogens is 216 g/mol. The van der Waals surface area contributed by atoms with E-state index in [-0.39, 0.29) is 0 Å². The van der Waals surface area contributed by atoms with E-state index >= 15 is 0 Å². The monoisotopic (exact) mass is 242 g/mol. The SMILES string of the molecule is CC1CN(CCOC2CCNCC2)CC(C)O1. The van der Waals surface area contributed by atoms with Crippen LogP contribution in [0.15, 0.2) is 0 Å². The number of nitrogens with zero attached hydrogens (tertiary/aromatic N) is 1. The van der Waals surface area contributed by atoms with Crippen LogP contribution in [0.3, 0.4) is 0 Å². The highest BCUT2D eigenvalue weighted by atomic mass is 16.5. The van der Waals surface area contributed by atoms with Gasteiger partial charge in [-0.2, -0.15) is 0 Å². The summed E-state index contributed by atoms with van der Waals surface area (Å²) in [5, 5.41) is 3.36. The number of hydrogen-bond acceptors (Lipinski definition) is 4. The van der Waals surface area contributed by atoms with Crippen molar-refractivity contribution in [2.75, 3.05) is 39.3 Å². The Morgan fingerprint density at radius 1 is 1.18 bits per heavy atom. The van der Waals surface area contributed by atoms with Gasteiger partial charge >= 0.3 is 0 Å². The van der Waals surface area contributed by atoms with Gasteiger partial charge in [0.2, 0.25) is 0 Å². The molecule has 0 aromatic heterocycles. The molecule has 2 saturated heterocycles. The van der Waals surface area contributed by atoms with E-state index in [0.29, 0.717) is 18.3 Å². The third kappa shape index (κ3) is 4.54. The predicted octanol–water partition coefficient (Wildman–Crippen LogP) is 0.864. The lowest BCUT2D eigenvalue weighted by molar-refractivity contribution is -0.0770. The zero-order valence-electron chi connectivity index (χ0n) is 11.2. The lowest BCUT2D eigenvalue weighted by atomic mass is 10.1. The Hall–Kier alpha value is -0.160. The maximum Gasteiger partial charge on any atom is 0.0678 e. The summed E-state index contributed by atoms with van der Waals surface area (Å²) < 4.78 is 11.7. The largest absolute Gasteiger partial charge is 0.377 e. The van der Waals surface area contributed by atoms with Crippen LogP contribution in [-0.2, 0) is 9.47 Å². The molecule has 2 aliphatic heterocycles. The van der Waals surface area contributed by atoms with Gasteiger partial charge in [0.1, 0.15) is 0 Å². The summed E-state index contributed by atoms with van der Waals surface area (Å²) in [5.74, 6) is 0. The molecule has 2 rings (SSSR count). The summed E-state index contributed by atoms with van der Waals surface area (Å²) >= 11 is 0. The molecule has 0 aromatic rings. The van der Waals surface area contributed by atoms with Gasteiger partial charge in [0.15, 0.2) is 0 Å². The number of piperidine rings is 1. The van der Waals surface area contributed by atoms with Crippen molar-refractivity contribution >= 4 is 0 Å². The molecule has 0 saturated carbocycles. The molecule has 17 heavy (non-hydrogen) atoms. The number of nitrogens with one attached hydrogen (secondary N) is 1. The van der Waals surface area contributed by atoms with Crippen molar-refractivity contribution in [3.05, 3.63) is 0 Å². The van der Waals surface area contributed by atoms with Crippen LogP contribution in [0, 0.1) is 0 Å². The lowest BCUT2D eigenvalue weighted by Crippen LogP contribution is -2.46. The van der Waals surface area contributed by atoms with Gasteiger partial charge in [-0.25, -0.2) is 0 Å². The fourth-order valence-corrected chi connectivity index (χ4v) is 2.78. The molecule has 0 aromatic carbocycles. The van der Waals surface area contributed by atoms with Crippen LogP contribution in [0.5, 0.6) is 0 Å². The van der Waals surface area contributed by atoms with Crippen molar-refractivity contribution < 1.29 is 9.47 Å². The molecule has 4 nitrogen and oxygen atoms in total. The van der Waals surface area contributed by atoms with Crippen LogP contribution in [0.25, 0.3) is 0 Å². The minimum absolute atomic E-state index is 0.359. The van der Waals surface area contributed by atoms with Crippen LogP contribution in [0.4, 0.5) is 0 Å². The highest BCUT2D eigenvalue weighted by Crippen LogP contribution is 2.11. The van der Waals surface area contributed by atoms with Gasteiger partial charge in [0.25, 0.3) is 0 Å². The molecule has 0 radical (unpaired) electrons. The molecule has 2 atom stereocenters. The molecular formula is C13H26N2O2. The van der Waals surface area contributed by atoms with Crippen LogP contribution in [0.1, 0.15) is 26.7 Å². The molecule has 100 valence electrons. The summed E-state index contributed by atoms with van der Waals surface area (Å²) in [6.45, 7) is 10.5. The summed E-state index contributed by atoms with van der Waals surface area (Å²) in [5.41, 5.74) is 0. The van der Waals surface area contributed by atoms with Gasteiger partial charge in [0, 0.05) is 19.6 Å². The average molecular weight is 242 g/mol. The Bertz CT molecular complexity index is 209. The van der Waals surface area contributed by atoms with Crippen molar-refractivity contribution in [2.45, 2.75) is 45.0 Å². The Labute approximate surface area is 105 Å². The van der Waals surface area contributed by atoms with Gasteiger partial charge in [-0.05, 0) is 39.8 Å². The lowest BCUT2D eigenvalue weighted by Gasteiger charge is -2.35. The maximum atomic E-state index is 5.93. The van der Waals surface area contributed by atoms with Crippen LogP contribution in [-0.4, -0.2) is 62.5 Å². The number of ether oxygens (including phenoxy) is 2. The molecule has 0 aliphatic carbocycles. The minimum Gasteiger partial charge on any atom is -0.377 e. The Kier molecular flexibility index (Phi) is 5.22. The molecule has 1 N–H and O–H groups in total. The predicted molar refractivity (Wildman–Crippen MR) is 68.3 cm³/mol. The fraction of sp³-hybridized carbons (Fsp3) is 1.00. The summed E-state index contributed by atoms with van der Waals surface area (Å²) in [6.07, 6.45) is 3.52. The van der Waals surface area contributed by atoms with Crippen molar-refractivity contribution in [1.29, 1.82) is 0 Å². The Balaban J connectivity index is 1.60. The van der Waals surface area contributed by atoms with Crippen molar-refractivity contribution in [3.63, 3.8) is 0 Å². The molecule has 0 spiro atoms. The van der Waals surface area contributed by atoms with Crippen LogP contribution < -0.4 is 5.32 Å². The zero-order valence-corrected chi connectivity index (χ0v) is 11.2. The molecule has 2 unspecified atom stereocenters. The van der Waals surface area contributed by atoms with E-state index in [1.165, 1.54) is 0 Å². The standard InChI is InChI=1S/C13H26N2O2/c1-11-9-15(10-12(2)17-11)7-8-16-13-3-5-14-6-4-13/h11-14H,3-10H2,1-2H3. The zero-order chi connectivity index (χ0) is 12.1. The highest BCUT2D eigenvalue weighted by Gasteiger charge is 2.22. The molecule has 4 heteroatoms. The second-order valence-corrected chi connectivity index (χ2v) is 5.34. The quantitative estimate of drug-likeness (QED) is 0.793. The number of morpholine rings is 1. The summed E-state index contributed by atoms with van der Waals surface area (Å²) in [6, 6.07) is 0. The molecule has 2 heterocycles. The van der Waals surface area contributed by atoms with E-state index < -0.39 is 0 Å². The summed E-state index contributed by atoms with van der Waals surface area (Å²) in [7, 11) is 0. The third-order valence-corrected chi connectivity index (χ3v) is 3.54. The Morgan fingerprint density at radius 3 is 2.47 bits per heavy atom. The van der Waals surface area contributed by atoms with E-state index in [9.17, 15) is 0 Å². The molecule has 0 bridgehead atoms. The smallest absolute Gasteiger partial charge is 0.0678 e. The highest BCUT2D eigenvalue weighted by molar-refractivity contribution is 4.73. The number of rotatable bonds is 4. The molecule has 0 amide bonds. The van der Waals surface area contributed by atoms with Gasteiger partial charge < -0.3 is 14.8 Å². The first-order chi connectivity index (χ1) is 8.24. The topological polar surface area (TPSA) is 33.7 Å². The van der Waals surface area contributed by atoms with E-state index in [4.69, 9.17) is 9.47 Å². The van der Waals surface area contributed by atoms with Gasteiger partial charge in [-0.1, -0.05) is 0 Å². The average Bonchev–Trinajstić information content (AvgIpc) is 2.29. The van der Waals surface area contributed by atoms with Crippen molar-refractivity contribution in [3.8, 4) is 0 Å². The molecule has 2 aliphatic rings. The number of hydrogen-bond donors (Lipinski definition) is 1. The first-order valence-corrected chi connectivity index (χ1v) is 6.94. The van der Waals surface area contributed by atoms with Gasteiger partial charge in [-0.3, -0.25) is 4.90 Å². The second kappa shape index (κ2) is 6.69. The molecule has 2 fully saturated rings. The maximum absolute atomic E-state index is 5.93. The third-order valence-electron chi connectivity index (χ3n) is 3.54. The minimum atomic E-state index is 0.359. The van der Waals surface area contributed by atoms with Crippen LogP contribution >= 0.6 is 0 Å². The van der Waals surface area contributed by atoms with Gasteiger partial charge in [-0.15, -0.1) is 0 Å². The van der Waals surface area contributed by atoms with E-state index in [0.717, 1.165) is 52.2 Å². The van der Waals surface area contributed by atoms with Crippen molar-refractivity contribution in [1.82, 2.24) is 10.2 Å². The van der Waals surface area contributed by atoms with Crippen LogP contribution in [0.2, 0.25) is 0 Å². The fourth-order valence-electron chi connectivity index (χ4n) is 2.78. The Morgan fingerprint density at radius 2 is 1.82 bits per heavy atom. The second-order valence-electron chi connectivity index (χ2n) is 5.34. The van der Waals surface area contributed by atoms with E-state index in [1.807, 2.05) is 0 Å². The van der Waals surface area contributed by atoms with E-state index in [1.54, 1.807) is 0 Å². The first-order valence-electron chi connectivity index (χ1n) is 6.94. The van der Waals surface area contributed by atoms with Crippen molar-refractivity contribution in [2.24, 2.45) is 0 Å². The normalized spacial score (nSPS) is 32.8. The van der Waals surface area contributed by atoms with Gasteiger partial charge in [0.05, 0.1) is 24.9 Å². The summed E-state index contributed by atoms with van der Waals surface area (Å²) in [4.78, 5) is 2.46.